The van der Waals surface area contributed by atoms with Crippen molar-refractivity contribution in [2.45, 2.75) is 82.2 Å². The van der Waals surface area contributed by atoms with Crippen molar-refractivity contribution >= 4 is 0 Å². The number of piperazine rings is 1. The van der Waals surface area contributed by atoms with Gasteiger partial charge < -0.3 is 10.1 Å². The van der Waals surface area contributed by atoms with Crippen molar-refractivity contribution in [3.63, 3.8) is 0 Å². The van der Waals surface area contributed by atoms with Gasteiger partial charge in [-0.25, -0.2) is 0 Å². The standard InChI is InChI=1S/C18H34N2O/c1-2-21-14-8-13-20-16-17(9-4-3-5-10-17)19-15-18(20)11-6-7-12-18/h19H,2-16H2,1H3. The first kappa shape index (κ1) is 15.8. The lowest BCUT2D eigenvalue weighted by Crippen LogP contribution is -2.69. The Balaban J connectivity index is 1.63. The van der Waals surface area contributed by atoms with Crippen LogP contribution in [0.5, 0.6) is 0 Å². The number of ether oxygens (including phenoxy) is 1. The molecule has 0 aromatic heterocycles. The van der Waals surface area contributed by atoms with Crippen molar-refractivity contribution in [1.82, 2.24) is 10.2 Å². The largest absolute Gasteiger partial charge is 0.382 e. The minimum absolute atomic E-state index is 0.442. The molecule has 0 amide bonds. The molecule has 0 unspecified atom stereocenters. The van der Waals surface area contributed by atoms with E-state index >= 15 is 0 Å². The lowest BCUT2D eigenvalue weighted by atomic mass is 9.76. The number of hydrogen-bond acceptors (Lipinski definition) is 3. The first-order chi connectivity index (χ1) is 10.3. The second kappa shape index (κ2) is 6.97. The maximum absolute atomic E-state index is 5.57. The van der Waals surface area contributed by atoms with Crippen LogP contribution in [0.2, 0.25) is 0 Å². The molecule has 122 valence electrons. The molecular formula is C18H34N2O. The zero-order valence-electron chi connectivity index (χ0n) is 14.0. The highest BCUT2D eigenvalue weighted by Gasteiger charge is 2.48. The lowest BCUT2D eigenvalue weighted by Gasteiger charge is -2.55. The zero-order chi connectivity index (χ0) is 14.6. The van der Waals surface area contributed by atoms with Gasteiger partial charge in [0.05, 0.1) is 0 Å². The minimum atomic E-state index is 0.442. The molecule has 3 fully saturated rings. The molecule has 1 heterocycles. The Morgan fingerprint density at radius 2 is 1.71 bits per heavy atom. The van der Waals surface area contributed by atoms with E-state index in [4.69, 9.17) is 4.74 Å². The van der Waals surface area contributed by atoms with Gasteiger partial charge in [0.25, 0.3) is 0 Å². The van der Waals surface area contributed by atoms with Crippen molar-refractivity contribution in [3.8, 4) is 0 Å². The topological polar surface area (TPSA) is 24.5 Å². The molecule has 3 heteroatoms. The van der Waals surface area contributed by atoms with Gasteiger partial charge in [-0.05, 0) is 39.0 Å². The number of nitrogens with zero attached hydrogens (tertiary/aromatic N) is 1. The Morgan fingerprint density at radius 3 is 2.43 bits per heavy atom. The number of rotatable bonds is 5. The number of hydrogen-bond donors (Lipinski definition) is 1. The summed E-state index contributed by atoms with van der Waals surface area (Å²) in [6.45, 7) is 7.66. The van der Waals surface area contributed by atoms with Crippen LogP contribution in [0.25, 0.3) is 0 Å². The van der Waals surface area contributed by atoms with Gasteiger partial charge >= 0.3 is 0 Å². The second-order valence-corrected chi connectivity index (χ2v) is 7.60. The van der Waals surface area contributed by atoms with E-state index in [0.29, 0.717) is 11.1 Å². The van der Waals surface area contributed by atoms with Crippen LogP contribution >= 0.6 is 0 Å². The molecule has 1 saturated heterocycles. The third-order valence-electron chi connectivity index (χ3n) is 6.22. The van der Waals surface area contributed by atoms with E-state index in [9.17, 15) is 0 Å². The van der Waals surface area contributed by atoms with Gasteiger partial charge in [0.15, 0.2) is 0 Å². The molecule has 0 aromatic rings. The van der Waals surface area contributed by atoms with Crippen molar-refractivity contribution in [2.75, 3.05) is 32.8 Å². The monoisotopic (exact) mass is 294 g/mol. The maximum atomic E-state index is 5.57. The molecule has 2 aliphatic carbocycles. The van der Waals surface area contributed by atoms with Crippen LogP contribution < -0.4 is 5.32 Å². The van der Waals surface area contributed by atoms with Crippen LogP contribution in [0.3, 0.4) is 0 Å². The Labute approximate surface area is 130 Å². The molecule has 3 nitrogen and oxygen atoms in total. The molecule has 2 spiro atoms. The van der Waals surface area contributed by atoms with Crippen molar-refractivity contribution in [3.05, 3.63) is 0 Å². The highest BCUT2D eigenvalue weighted by atomic mass is 16.5. The summed E-state index contributed by atoms with van der Waals surface area (Å²) in [5.41, 5.74) is 0.923. The third kappa shape index (κ3) is 3.46. The van der Waals surface area contributed by atoms with Gasteiger partial charge in [-0.15, -0.1) is 0 Å². The second-order valence-electron chi connectivity index (χ2n) is 7.60. The molecule has 2 saturated carbocycles. The summed E-state index contributed by atoms with van der Waals surface area (Å²) >= 11 is 0. The predicted molar refractivity (Wildman–Crippen MR) is 87.7 cm³/mol. The van der Waals surface area contributed by atoms with E-state index < -0.39 is 0 Å². The number of nitrogens with one attached hydrogen (secondary N) is 1. The Morgan fingerprint density at radius 1 is 1.00 bits per heavy atom. The quantitative estimate of drug-likeness (QED) is 0.787. The average Bonchev–Trinajstić information content (AvgIpc) is 2.98. The van der Waals surface area contributed by atoms with Crippen LogP contribution in [0.15, 0.2) is 0 Å². The Hall–Kier alpha value is -0.120. The zero-order valence-corrected chi connectivity index (χ0v) is 14.0. The van der Waals surface area contributed by atoms with Gasteiger partial charge in [-0.2, -0.15) is 0 Å². The van der Waals surface area contributed by atoms with E-state index in [1.165, 1.54) is 83.8 Å². The highest BCUT2D eigenvalue weighted by Crippen LogP contribution is 2.41. The summed E-state index contributed by atoms with van der Waals surface area (Å²) < 4.78 is 5.57. The first-order valence-electron chi connectivity index (χ1n) is 9.37. The molecule has 1 aliphatic heterocycles. The summed E-state index contributed by atoms with van der Waals surface area (Å²) in [5, 5.41) is 4.03. The third-order valence-corrected chi connectivity index (χ3v) is 6.22. The van der Waals surface area contributed by atoms with Crippen LogP contribution in [0.4, 0.5) is 0 Å². The van der Waals surface area contributed by atoms with Gasteiger partial charge in [0.2, 0.25) is 0 Å². The molecule has 0 radical (unpaired) electrons. The van der Waals surface area contributed by atoms with E-state index in [0.717, 1.165) is 13.2 Å². The van der Waals surface area contributed by atoms with Crippen LogP contribution in [-0.2, 0) is 4.74 Å². The van der Waals surface area contributed by atoms with Crippen molar-refractivity contribution in [2.24, 2.45) is 0 Å². The Bertz CT molecular complexity index is 319. The maximum Gasteiger partial charge on any atom is 0.0478 e. The summed E-state index contributed by atoms with van der Waals surface area (Å²) in [6, 6.07) is 0. The Kier molecular flexibility index (Phi) is 5.23. The fraction of sp³-hybridized carbons (Fsp3) is 1.00. The molecule has 1 N–H and O–H groups in total. The smallest absolute Gasteiger partial charge is 0.0478 e. The SMILES string of the molecule is CCOCCCN1CC2(CCCCC2)NCC12CCCC2. The highest BCUT2D eigenvalue weighted by molar-refractivity contribution is 5.07. The van der Waals surface area contributed by atoms with E-state index in [-0.39, 0.29) is 0 Å². The lowest BCUT2D eigenvalue weighted by molar-refractivity contribution is -0.0112. The summed E-state index contributed by atoms with van der Waals surface area (Å²) in [4.78, 5) is 2.88. The summed E-state index contributed by atoms with van der Waals surface area (Å²) in [5.74, 6) is 0. The minimum Gasteiger partial charge on any atom is -0.382 e. The first-order valence-corrected chi connectivity index (χ1v) is 9.37. The average molecular weight is 294 g/mol. The molecule has 0 atom stereocenters. The van der Waals surface area contributed by atoms with Gasteiger partial charge in [-0.3, -0.25) is 4.90 Å². The molecule has 3 aliphatic rings. The normalized spacial score (nSPS) is 28.4. The molecule has 0 aromatic carbocycles. The van der Waals surface area contributed by atoms with Crippen LogP contribution in [0.1, 0.15) is 71.1 Å². The van der Waals surface area contributed by atoms with Crippen LogP contribution in [0, 0.1) is 0 Å². The van der Waals surface area contributed by atoms with Crippen molar-refractivity contribution in [1.29, 1.82) is 0 Å². The van der Waals surface area contributed by atoms with Gasteiger partial charge in [-0.1, -0.05) is 32.1 Å². The fourth-order valence-electron chi connectivity index (χ4n) is 4.96. The van der Waals surface area contributed by atoms with E-state index in [2.05, 4.69) is 17.1 Å². The molecule has 3 rings (SSSR count). The fourth-order valence-corrected chi connectivity index (χ4v) is 4.96. The van der Waals surface area contributed by atoms with Crippen LogP contribution in [-0.4, -0.2) is 48.8 Å². The van der Waals surface area contributed by atoms with Gasteiger partial charge in [0.1, 0.15) is 0 Å². The summed E-state index contributed by atoms with van der Waals surface area (Å²) in [6.07, 6.45) is 13.9. The van der Waals surface area contributed by atoms with Gasteiger partial charge in [0, 0.05) is 43.9 Å². The molecular weight excluding hydrogens is 260 g/mol. The molecule has 21 heavy (non-hydrogen) atoms. The predicted octanol–water partition coefficient (Wildman–Crippen LogP) is 3.33. The molecule has 0 bridgehead atoms. The van der Waals surface area contributed by atoms with E-state index in [1.807, 2.05) is 0 Å². The summed E-state index contributed by atoms with van der Waals surface area (Å²) in [7, 11) is 0. The van der Waals surface area contributed by atoms with Crippen molar-refractivity contribution < 1.29 is 4.74 Å². The van der Waals surface area contributed by atoms with E-state index in [1.54, 1.807) is 0 Å².